The fourth-order valence-corrected chi connectivity index (χ4v) is 2.69. The van der Waals surface area contributed by atoms with E-state index >= 15 is 0 Å². The molecule has 0 bridgehead atoms. The van der Waals surface area contributed by atoms with Gasteiger partial charge in [0.2, 0.25) is 11.8 Å². The van der Waals surface area contributed by atoms with Crippen molar-refractivity contribution in [3.8, 4) is 0 Å². The van der Waals surface area contributed by atoms with Gasteiger partial charge >= 0.3 is 0 Å². The molecule has 7 nitrogen and oxygen atoms in total. The van der Waals surface area contributed by atoms with Crippen LogP contribution in [0.4, 0.5) is 0 Å². The highest BCUT2D eigenvalue weighted by Gasteiger charge is 2.26. The van der Waals surface area contributed by atoms with Gasteiger partial charge in [0.15, 0.2) is 5.82 Å². The van der Waals surface area contributed by atoms with Crippen LogP contribution in [0.15, 0.2) is 4.52 Å². The first-order valence-electron chi connectivity index (χ1n) is 8.93. The molecule has 1 saturated heterocycles. The summed E-state index contributed by atoms with van der Waals surface area (Å²) < 4.78 is 5.41. The average Bonchev–Trinajstić information content (AvgIpc) is 3.03. The number of piperazine rings is 1. The largest absolute Gasteiger partial charge is 0.355 e. The van der Waals surface area contributed by atoms with Crippen molar-refractivity contribution in [2.45, 2.75) is 46.6 Å². The van der Waals surface area contributed by atoms with Crippen molar-refractivity contribution in [3.63, 3.8) is 0 Å². The van der Waals surface area contributed by atoms with Gasteiger partial charge in [-0.15, -0.1) is 0 Å². The molecule has 136 valence electrons. The van der Waals surface area contributed by atoms with E-state index in [0.717, 1.165) is 38.5 Å². The summed E-state index contributed by atoms with van der Waals surface area (Å²) in [6.07, 6.45) is 0. The lowest BCUT2D eigenvalue weighted by atomic mass is 10.2. The van der Waals surface area contributed by atoms with Crippen LogP contribution < -0.4 is 5.32 Å². The summed E-state index contributed by atoms with van der Waals surface area (Å²) in [5.74, 6) is 2.32. The Hall–Kier alpha value is -1.47. The number of rotatable bonds is 7. The van der Waals surface area contributed by atoms with Crippen LogP contribution in [0.25, 0.3) is 0 Å². The minimum Gasteiger partial charge on any atom is -0.355 e. The third-order valence-electron chi connectivity index (χ3n) is 4.36. The van der Waals surface area contributed by atoms with Crippen LogP contribution in [-0.2, 0) is 4.79 Å². The Labute approximate surface area is 144 Å². The highest BCUT2D eigenvalue weighted by atomic mass is 16.5. The van der Waals surface area contributed by atoms with Gasteiger partial charge in [-0.1, -0.05) is 32.9 Å². The standard InChI is InChI=1S/C17H31N5O2/c1-12(2)10-18-15(23)11-21-6-8-22(9-7-21)14(5)17-19-16(13(3)4)20-24-17/h12-14H,6-11H2,1-5H3,(H,18,23). The second kappa shape index (κ2) is 8.58. The average molecular weight is 337 g/mol. The molecule has 0 radical (unpaired) electrons. The molecule has 0 aromatic carbocycles. The SMILES string of the molecule is CC(C)CNC(=O)CN1CCN(C(C)c2nc(C(C)C)no2)CC1. The Bertz CT molecular complexity index is 521. The van der Waals surface area contributed by atoms with E-state index in [4.69, 9.17) is 4.52 Å². The van der Waals surface area contributed by atoms with Crippen molar-refractivity contribution < 1.29 is 9.32 Å². The molecule has 24 heavy (non-hydrogen) atoms. The molecule has 1 amide bonds. The van der Waals surface area contributed by atoms with Crippen LogP contribution in [-0.4, -0.2) is 65.1 Å². The predicted octanol–water partition coefficient (Wildman–Crippen LogP) is 1.64. The van der Waals surface area contributed by atoms with Crippen LogP contribution in [0.5, 0.6) is 0 Å². The summed E-state index contributed by atoms with van der Waals surface area (Å²) in [4.78, 5) is 20.9. The first-order valence-corrected chi connectivity index (χ1v) is 8.93. The molecule has 1 aliphatic rings. The maximum absolute atomic E-state index is 11.9. The van der Waals surface area contributed by atoms with E-state index in [-0.39, 0.29) is 17.9 Å². The van der Waals surface area contributed by atoms with E-state index in [9.17, 15) is 4.79 Å². The van der Waals surface area contributed by atoms with Gasteiger partial charge in [-0.05, 0) is 12.8 Å². The van der Waals surface area contributed by atoms with Crippen LogP contribution >= 0.6 is 0 Å². The van der Waals surface area contributed by atoms with Crippen molar-refractivity contribution in [2.75, 3.05) is 39.3 Å². The lowest BCUT2D eigenvalue weighted by molar-refractivity contribution is -0.122. The molecule has 0 aliphatic carbocycles. The molecule has 1 aromatic rings. The van der Waals surface area contributed by atoms with Gasteiger partial charge in [0.05, 0.1) is 12.6 Å². The minimum atomic E-state index is 0.113. The Morgan fingerprint density at radius 1 is 1.17 bits per heavy atom. The van der Waals surface area contributed by atoms with Gasteiger partial charge in [0, 0.05) is 38.6 Å². The predicted molar refractivity (Wildman–Crippen MR) is 92.7 cm³/mol. The summed E-state index contributed by atoms with van der Waals surface area (Å²) in [6.45, 7) is 15.2. The molecule has 1 aliphatic heterocycles. The van der Waals surface area contributed by atoms with Gasteiger partial charge in [0.1, 0.15) is 0 Å². The third kappa shape index (κ3) is 5.27. The zero-order valence-corrected chi connectivity index (χ0v) is 15.6. The molecule has 2 heterocycles. The highest BCUT2D eigenvalue weighted by molar-refractivity contribution is 5.78. The summed E-state index contributed by atoms with van der Waals surface area (Å²) in [7, 11) is 0. The molecule has 7 heteroatoms. The van der Waals surface area contributed by atoms with Gasteiger partial charge in [-0.25, -0.2) is 0 Å². The summed E-state index contributed by atoms with van der Waals surface area (Å²) >= 11 is 0. The lowest BCUT2D eigenvalue weighted by Crippen LogP contribution is -2.50. The number of hydrogen-bond donors (Lipinski definition) is 1. The second-order valence-electron chi connectivity index (χ2n) is 7.33. The van der Waals surface area contributed by atoms with Gasteiger partial charge in [-0.2, -0.15) is 4.98 Å². The molecule has 1 fully saturated rings. The van der Waals surface area contributed by atoms with E-state index in [2.05, 4.69) is 59.9 Å². The Morgan fingerprint density at radius 3 is 2.38 bits per heavy atom. The molecule has 0 saturated carbocycles. The smallest absolute Gasteiger partial charge is 0.243 e. The van der Waals surface area contributed by atoms with Crippen LogP contribution in [0.1, 0.15) is 58.3 Å². The molecular weight excluding hydrogens is 306 g/mol. The van der Waals surface area contributed by atoms with Crippen LogP contribution in [0.3, 0.4) is 0 Å². The fourth-order valence-electron chi connectivity index (χ4n) is 2.69. The highest BCUT2D eigenvalue weighted by Crippen LogP contribution is 2.21. The van der Waals surface area contributed by atoms with Crippen molar-refractivity contribution in [1.82, 2.24) is 25.3 Å². The second-order valence-corrected chi connectivity index (χ2v) is 7.33. The minimum absolute atomic E-state index is 0.113. The maximum Gasteiger partial charge on any atom is 0.243 e. The lowest BCUT2D eigenvalue weighted by Gasteiger charge is -2.36. The summed E-state index contributed by atoms with van der Waals surface area (Å²) in [5, 5.41) is 7.02. The van der Waals surface area contributed by atoms with Crippen molar-refractivity contribution in [1.29, 1.82) is 0 Å². The number of hydrogen-bond acceptors (Lipinski definition) is 6. The number of carbonyl (C=O) groups is 1. The first kappa shape index (κ1) is 18.9. The van der Waals surface area contributed by atoms with E-state index < -0.39 is 0 Å². The molecule has 0 spiro atoms. The normalized spacial score (nSPS) is 18.3. The van der Waals surface area contributed by atoms with Crippen LogP contribution in [0.2, 0.25) is 0 Å². The monoisotopic (exact) mass is 337 g/mol. The van der Waals surface area contributed by atoms with E-state index in [1.54, 1.807) is 0 Å². The summed E-state index contributed by atoms with van der Waals surface area (Å²) in [5.41, 5.74) is 0. The number of carbonyl (C=O) groups excluding carboxylic acids is 1. The van der Waals surface area contributed by atoms with Gasteiger partial charge < -0.3 is 9.84 Å². The van der Waals surface area contributed by atoms with E-state index in [1.807, 2.05) is 0 Å². The molecular formula is C17H31N5O2. The van der Waals surface area contributed by atoms with Crippen molar-refractivity contribution >= 4 is 5.91 Å². The number of aromatic nitrogens is 2. The molecule has 1 aromatic heterocycles. The summed E-state index contributed by atoms with van der Waals surface area (Å²) in [6, 6.07) is 0.113. The topological polar surface area (TPSA) is 74.5 Å². The van der Waals surface area contributed by atoms with E-state index in [0.29, 0.717) is 18.4 Å². The number of nitrogens with one attached hydrogen (secondary N) is 1. The molecule has 1 atom stereocenters. The molecule has 2 rings (SSSR count). The quantitative estimate of drug-likeness (QED) is 0.815. The fraction of sp³-hybridized carbons (Fsp3) is 0.824. The van der Waals surface area contributed by atoms with Crippen molar-refractivity contribution in [2.24, 2.45) is 5.92 Å². The van der Waals surface area contributed by atoms with Crippen LogP contribution in [0, 0.1) is 5.92 Å². The Morgan fingerprint density at radius 2 is 1.83 bits per heavy atom. The first-order chi connectivity index (χ1) is 11.4. The maximum atomic E-state index is 11.9. The Balaban J connectivity index is 1.78. The Kier molecular flexibility index (Phi) is 6.74. The van der Waals surface area contributed by atoms with E-state index in [1.165, 1.54) is 0 Å². The van der Waals surface area contributed by atoms with Crippen molar-refractivity contribution in [3.05, 3.63) is 11.7 Å². The number of nitrogens with zero attached hydrogens (tertiary/aromatic N) is 4. The molecule has 1 unspecified atom stereocenters. The zero-order chi connectivity index (χ0) is 17.7. The zero-order valence-electron chi connectivity index (χ0n) is 15.6. The third-order valence-corrected chi connectivity index (χ3v) is 4.36. The molecule has 1 N–H and O–H groups in total. The van der Waals surface area contributed by atoms with Gasteiger partial charge in [0.25, 0.3) is 0 Å². The van der Waals surface area contributed by atoms with Gasteiger partial charge in [-0.3, -0.25) is 14.6 Å². The number of amides is 1.